The SMILES string of the molecule is O=C(c1ccc2ccccc2c1)c1cc2cc(Br)ccc2o1. The number of hydrogen-bond donors (Lipinski definition) is 0. The highest BCUT2D eigenvalue weighted by Crippen LogP contribution is 2.25. The number of rotatable bonds is 2. The van der Waals surface area contributed by atoms with Crippen LogP contribution in [-0.4, -0.2) is 5.78 Å². The monoisotopic (exact) mass is 350 g/mol. The minimum atomic E-state index is -0.0990. The zero-order valence-electron chi connectivity index (χ0n) is 11.5. The van der Waals surface area contributed by atoms with E-state index in [1.54, 1.807) is 6.07 Å². The molecule has 22 heavy (non-hydrogen) atoms. The molecule has 0 aliphatic carbocycles. The quantitative estimate of drug-likeness (QED) is 0.441. The standard InChI is InChI=1S/C19H11BrO2/c20-16-7-8-17-15(10-16)11-18(22-17)19(21)14-6-5-12-3-1-2-4-13(12)9-14/h1-11H. The van der Waals surface area contributed by atoms with E-state index in [2.05, 4.69) is 15.9 Å². The van der Waals surface area contributed by atoms with Crippen molar-refractivity contribution in [3.05, 3.63) is 82.5 Å². The zero-order valence-corrected chi connectivity index (χ0v) is 13.1. The van der Waals surface area contributed by atoms with Crippen molar-refractivity contribution < 1.29 is 9.21 Å². The van der Waals surface area contributed by atoms with Crippen LogP contribution in [0.3, 0.4) is 0 Å². The van der Waals surface area contributed by atoms with Gasteiger partial charge in [-0.3, -0.25) is 4.79 Å². The molecule has 0 spiro atoms. The lowest BCUT2D eigenvalue weighted by Gasteiger charge is -2.01. The lowest BCUT2D eigenvalue weighted by atomic mass is 10.0. The molecule has 0 fully saturated rings. The largest absolute Gasteiger partial charge is 0.453 e. The highest BCUT2D eigenvalue weighted by atomic mass is 79.9. The first-order valence-electron chi connectivity index (χ1n) is 6.93. The van der Waals surface area contributed by atoms with Crippen LogP contribution in [0.4, 0.5) is 0 Å². The number of benzene rings is 3. The van der Waals surface area contributed by atoms with Gasteiger partial charge in [0, 0.05) is 15.4 Å². The molecule has 0 radical (unpaired) electrons. The van der Waals surface area contributed by atoms with Gasteiger partial charge in [-0.1, -0.05) is 52.3 Å². The Bertz CT molecular complexity index is 1010. The smallest absolute Gasteiger partial charge is 0.228 e. The van der Waals surface area contributed by atoms with Gasteiger partial charge in [-0.05, 0) is 41.1 Å². The summed E-state index contributed by atoms with van der Waals surface area (Å²) in [6, 6.07) is 21.2. The van der Waals surface area contributed by atoms with E-state index in [1.165, 1.54) is 0 Å². The normalized spacial score (nSPS) is 11.1. The van der Waals surface area contributed by atoms with Gasteiger partial charge in [-0.2, -0.15) is 0 Å². The Hall–Kier alpha value is -2.39. The number of hydrogen-bond acceptors (Lipinski definition) is 2. The van der Waals surface area contributed by atoms with Crippen LogP contribution in [0, 0.1) is 0 Å². The molecule has 1 aromatic heterocycles. The zero-order chi connectivity index (χ0) is 15.1. The second-order valence-corrected chi connectivity index (χ2v) is 6.10. The molecular formula is C19H11BrO2. The predicted octanol–water partition coefficient (Wildman–Crippen LogP) is 5.58. The summed E-state index contributed by atoms with van der Waals surface area (Å²) in [7, 11) is 0. The molecule has 0 saturated carbocycles. The van der Waals surface area contributed by atoms with Crippen molar-refractivity contribution >= 4 is 43.5 Å². The molecular weight excluding hydrogens is 340 g/mol. The summed E-state index contributed by atoms with van der Waals surface area (Å²) in [5.41, 5.74) is 1.35. The predicted molar refractivity (Wildman–Crippen MR) is 91.3 cm³/mol. The van der Waals surface area contributed by atoms with Gasteiger partial charge in [0.25, 0.3) is 0 Å². The molecule has 2 nitrogen and oxygen atoms in total. The summed E-state index contributed by atoms with van der Waals surface area (Å²) in [6.07, 6.45) is 0. The lowest BCUT2D eigenvalue weighted by Crippen LogP contribution is -1.99. The fourth-order valence-electron chi connectivity index (χ4n) is 2.60. The van der Waals surface area contributed by atoms with E-state index in [4.69, 9.17) is 4.42 Å². The van der Waals surface area contributed by atoms with Gasteiger partial charge in [0.2, 0.25) is 5.78 Å². The van der Waals surface area contributed by atoms with E-state index in [0.717, 1.165) is 20.6 Å². The first kappa shape index (κ1) is 13.3. The van der Waals surface area contributed by atoms with Crippen LogP contribution in [0.2, 0.25) is 0 Å². The minimum absolute atomic E-state index is 0.0990. The molecule has 0 aliphatic rings. The number of ketones is 1. The van der Waals surface area contributed by atoms with E-state index >= 15 is 0 Å². The number of carbonyl (C=O) groups is 1. The van der Waals surface area contributed by atoms with Gasteiger partial charge in [-0.25, -0.2) is 0 Å². The first-order valence-corrected chi connectivity index (χ1v) is 7.73. The topological polar surface area (TPSA) is 30.2 Å². The maximum Gasteiger partial charge on any atom is 0.228 e. The molecule has 0 bridgehead atoms. The fourth-order valence-corrected chi connectivity index (χ4v) is 2.98. The first-order chi connectivity index (χ1) is 10.7. The maximum absolute atomic E-state index is 12.6. The summed E-state index contributed by atoms with van der Waals surface area (Å²) in [5, 5.41) is 3.08. The average molecular weight is 351 g/mol. The molecule has 0 aliphatic heterocycles. The minimum Gasteiger partial charge on any atom is -0.453 e. The Morgan fingerprint density at radius 2 is 1.64 bits per heavy atom. The summed E-state index contributed by atoms with van der Waals surface area (Å²) >= 11 is 3.42. The van der Waals surface area contributed by atoms with Crippen LogP contribution in [0.25, 0.3) is 21.7 Å². The van der Waals surface area contributed by atoms with Crippen LogP contribution in [0.15, 0.2) is 75.6 Å². The Balaban J connectivity index is 1.80. The van der Waals surface area contributed by atoms with Crippen molar-refractivity contribution in [1.29, 1.82) is 0 Å². The molecule has 0 unspecified atom stereocenters. The molecule has 106 valence electrons. The molecule has 4 aromatic rings. The van der Waals surface area contributed by atoms with E-state index in [9.17, 15) is 4.79 Å². The molecule has 0 amide bonds. The number of fused-ring (bicyclic) bond motifs is 2. The van der Waals surface area contributed by atoms with Gasteiger partial charge in [0.1, 0.15) is 5.58 Å². The molecule has 0 N–H and O–H groups in total. The summed E-state index contributed by atoms with van der Waals surface area (Å²) in [4.78, 5) is 12.6. The van der Waals surface area contributed by atoms with Crippen LogP contribution in [0.5, 0.6) is 0 Å². The van der Waals surface area contributed by atoms with Crippen LogP contribution in [0.1, 0.15) is 16.1 Å². The summed E-state index contributed by atoms with van der Waals surface area (Å²) in [5.74, 6) is 0.265. The van der Waals surface area contributed by atoms with E-state index in [0.29, 0.717) is 16.9 Å². The third kappa shape index (κ3) is 2.24. The van der Waals surface area contributed by atoms with Crippen molar-refractivity contribution in [2.75, 3.05) is 0 Å². The third-order valence-electron chi connectivity index (χ3n) is 3.71. The van der Waals surface area contributed by atoms with Gasteiger partial charge in [0.05, 0.1) is 0 Å². The molecule has 4 rings (SSSR count). The van der Waals surface area contributed by atoms with Gasteiger partial charge in [-0.15, -0.1) is 0 Å². The Labute approximate surface area is 135 Å². The van der Waals surface area contributed by atoms with Gasteiger partial charge < -0.3 is 4.42 Å². The van der Waals surface area contributed by atoms with E-state index < -0.39 is 0 Å². The Morgan fingerprint density at radius 3 is 2.50 bits per heavy atom. The van der Waals surface area contributed by atoms with Crippen molar-refractivity contribution in [1.82, 2.24) is 0 Å². The third-order valence-corrected chi connectivity index (χ3v) is 4.21. The number of carbonyl (C=O) groups excluding carboxylic acids is 1. The van der Waals surface area contributed by atoms with Crippen LogP contribution < -0.4 is 0 Å². The molecule has 0 atom stereocenters. The van der Waals surface area contributed by atoms with Crippen molar-refractivity contribution in [3.63, 3.8) is 0 Å². The highest BCUT2D eigenvalue weighted by molar-refractivity contribution is 9.10. The maximum atomic E-state index is 12.6. The average Bonchev–Trinajstić information content (AvgIpc) is 2.96. The molecule has 3 heteroatoms. The molecule has 0 saturated heterocycles. The Kier molecular flexibility index (Phi) is 3.09. The van der Waals surface area contributed by atoms with Crippen molar-refractivity contribution in [2.24, 2.45) is 0 Å². The molecule has 3 aromatic carbocycles. The molecule has 1 heterocycles. The van der Waals surface area contributed by atoms with Crippen molar-refractivity contribution in [2.45, 2.75) is 0 Å². The number of furan rings is 1. The highest BCUT2D eigenvalue weighted by Gasteiger charge is 2.15. The van der Waals surface area contributed by atoms with Gasteiger partial charge in [0.15, 0.2) is 5.76 Å². The summed E-state index contributed by atoms with van der Waals surface area (Å²) < 4.78 is 6.64. The van der Waals surface area contributed by atoms with E-state index in [1.807, 2.05) is 60.7 Å². The van der Waals surface area contributed by atoms with Crippen molar-refractivity contribution in [3.8, 4) is 0 Å². The van der Waals surface area contributed by atoms with Gasteiger partial charge >= 0.3 is 0 Å². The Morgan fingerprint density at radius 1 is 0.818 bits per heavy atom. The lowest BCUT2D eigenvalue weighted by molar-refractivity contribution is 0.101. The van der Waals surface area contributed by atoms with E-state index in [-0.39, 0.29) is 5.78 Å². The summed E-state index contributed by atoms with van der Waals surface area (Å²) in [6.45, 7) is 0. The fraction of sp³-hybridized carbons (Fsp3) is 0. The van der Waals surface area contributed by atoms with Crippen LogP contribution >= 0.6 is 15.9 Å². The van der Waals surface area contributed by atoms with Crippen LogP contribution in [-0.2, 0) is 0 Å². The second-order valence-electron chi connectivity index (χ2n) is 5.18. The number of halogens is 1. The second kappa shape index (κ2) is 5.11.